The fraction of sp³-hybridized carbons (Fsp3) is 0.389. The number of hydrogen-bond acceptors (Lipinski definition) is 5. The molecule has 7 heteroatoms. The molecule has 0 saturated carbocycles. The topological polar surface area (TPSA) is 54.3 Å². The number of piperazine rings is 1. The van der Waals surface area contributed by atoms with E-state index in [1.54, 1.807) is 6.20 Å². The van der Waals surface area contributed by atoms with Gasteiger partial charge < -0.3 is 9.80 Å². The van der Waals surface area contributed by atoms with Gasteiger partial charge in [0.1, 0.15) is 5.82 Å². The van der Waals surface area contributed by atoms with Crippen LogP contribution < -0.4 is 4.90 Å². The lowest BCUT2D eigenvalue weighted by molar-refractivity contribution is -0.135. The molecule has 1 atom stereocenters. The van der Waals surface area contributed by atoms with Crippen LogP contribution in [0.2, 0.25) is 0 Å². The number of anilines is 1. The maximum absolute atomic E-state index is 12.7. The normalized spacial score (nSPS) is 16.4. The van der Waals surface area contributed by atoms with Gasteiger partial charge in [0.25, 0.3) is 0 Å². The third kappa shape index (κ3) is 3.24. The summed E-state index contributed by atoms with van der Waals surface area (Å²) in [5.41, 5.74) is 0. The average molecular weight is 355 g/mol. The molecule has 6 nitrogen and oxygen atoms in total. The van der Waals surface area contributed by atoms with E-state index in [2.05, 4.69) is 32.6 Å². The molecule has 3 heterocycles. The molecule has 1 unspecified atom stereocenters. The van der Waals surface area contributed by atoms with E-state index in [1.165, 1.54) is 21.6 Å². The van der Waals surface area contributed by atoms with Gasteiger partial charge in [0, 0.05) is 44.0 Å². The molecule has 1 aliphatic heterocycles. The standard InChI is InChI=1S/C18H21N5OS/c1-14(13-23-8-4-7-19-23)18(24)22-11-9-21(10-12-22)17-15-5-2-3-6-16(15)25-20-17/h2-8,14H,9-13H2,1H3. The lowest BCUT2D eigenvalue weighted by Gasteiger charge is -2.36. The zero-order valence-corrected chi connectivity index (χ0v) is 15.0. The second-order valence-corrected chi connectivity index (χ2v) is 7.25. The summed E-state index contributed by atoms with van der Waals surface area (Å²) in [6, 6.07) is 10.2. The first-order valence-electron chi connectivity index (χ1n) is 8.58. The third-order valence-electron chi connectivity index (χ3n) is 4.69. The first-order chi connectivity index (χ1) is 12.2. The number of rotatable bonds is 4. The molecule has 1 amide bonds. The van der Waals surface area contributed by atoms with E-state index < -0.39 is 0 Å². The molecular weight excluding hydrogens is 334 g/mol. The quantitative estimate of drug-likeness (QED) is 0.721. The summed E-state index contributed by atoms with van der Waals surface area (Å²) in [6.45, 7) is 5.75. The van der Waals surface area contributed by atoms with Gasteiger partial charge in [-0.3, -0.25) is 9.48 Å². The fourth-order valence-corrected chi connectivity index (χ4v) is 4.11. The summed E-state index contributed by atoms with van der Waals surface area (Å²) in [4.78, 5) is 16.9. The number of aromatic nitrogens is 3. The van der Waals surface area contributed by atoms with Crippen LogP contribution in [0.5, 0.6) is 0 Å². The fourth-order valence-electron chi connectivity index (χ4n) is 3.32. The van der Waals surface area contributed by atoms with Crippen LogP contribution >= 0.6 is 11.5 Å². The third-order valence-corrected chi connectivity index (χ3v) is 5.51. The molecule has 25 heavy (non-hydrogen) atoms. The van der Waals surface area contributed by atoms with E-state index in [9.17, 15) is 4.79 Å². The summed E-state index contributed by atoms with van der Waals surface area (Å²) in [5, 5.41) is 5.40. The van der Waals surface area contributed by atoms with Crippen molar-refractivity contribution in [2.45, 2.75) is 13.5 Å². The molecule has 1 saturated heterocycles. The molecule has 4 rings (SSSR count). The number of nitrogens with zero attached hydrogens (tertiary/aromatic N) is 5. The molecule has 0 N–H and O–H groups in total. The minimum absolute atomic E-state index is 0.0634. The van der Waals surface area contributed by atoms with Gasteiger partial charge in [-0.15, -0.1) is 0 Å². The van der Waals surface area contributed by atoms with Crippen molar-refractivity contribution in [2.75, 3.05) is 31.1 Å². The van der Waals surface area contributed by atoms with E-state index in [4.69, 9.17) is 0 Å². The molecule has 0 aliphatic carbocycles. The SMILES string of the molecule is CC(Cn1cccn1)C(=O)N1CCN(c2nsc3ccccc23)CC1. The molecule has 1 aliphatic rings. The highest BCUT2D eigenvalue weighted by Crippen LogP contribution is 2.29. The predicted molar refractivity (Wildman–Crippen MR) is 99.8 cm³/mol. The lowest BCUT2D eigenvalue weighted by Crippen LogP contribution is -2.50. The van der Waals surface area contributed by atoms with Crippen molar-refractivity contribution < 1.29 is 4.79 Å². The zero-order valence-electron chi connectivity index (χ0n) is 14.2. The van der Waals surface area contributed by atoms with Crippen LogP contribution in [0, 0.1) is 5.92 Å². The van der Waals surface area contributed by atoms with Crippen molar-refractivity contribution in [2.24, 2.45) is 5.92 Å². The van der Waals surface area contributed by atoms with Gasteiger partial charge in [-0.25, -0.2) is 0 Å². The Kier molecular flexibility index (Phi) is 4.40. The number of hydrogen-bond donors (Lipinski definition) is 0. The number of amides is 1. The molecule has 0 spiro atoms. The number of benzene rings is 1. The van der Waals surface area contributed by atoms with Crippen LogP contribution in [-0.4, -0.2) is 51.1 Å². The van der Waals surface area contributed by atoms with Crippen LogP contribution in [0.15, 0.2) is 42.7 Å². The highest BCUT2D eigenvalue weighted by molar-refractivity contribution is 7.13. The summed E-state index contributed by atoms with van der Waals surface area (Å²) >= 11 is 1.54. The van der Waals surface area contributed by atoms with Gasteiger partial charge in [0.15, 0.2) is 0 Å². The second-order valence-electron chi connectivity index (χ2n) is 6.44. The Morgan fingerprint density at radius 1 is 1.20 bits per heavy atom. The smallest absolute Gasteiger partial charge is 0.227 e. The minimum atomic E-state index is -0.0634. The van der Waals surface area contributed by atoms with Crippen LogP contribution in [0.4, 0.5) is 5.82 Å². The first kappa shape index (κ1) is 16.1. The molecule has 1 fully saturated rings. The number of carbonyl (C=O) groups is 1. The van der Waals surface area contributed by atoms with Gasteiger partial charge >= 0.3 is 0 Å². The molecule has 130 valence electrons. The van der Waals surface area contributed by atoms with Gasteiger partial charge in [-0.2, -0.15) is 9.47 Å². The Morgan fingerprint density at radius 2 is 2.00 bits per heavy atom. The minimum Gasteiger partial charge on any atom is -0.352 e. The van der Waals surface area contributed by atoms with Crippen molar-refractivity contribution in [3.63, 3.8) is 0 Å². The molecule has 3 aromatic rings. The van der Waals surface area contributed by atoms with Crippen molar-refractivity contribution >= 4 is 33.3 Å². The van der Waals surface area contributed by atoms with Crippen LogP contribution in [0.3, 0.4) is 0 Å². The van der Waals surface area contributed by atoms with Crippen molar-refractivity contribution in [1.29, 1.82) is 0 Å². The van der Waals surface area contributed by atoms with Crippen LogP contribution in [0.25, 0.3) is 10.1 Å². The Hall–Kier alpha value is -2.41. The number of fused-ring (bicyclic) bond motifs is 1. The highest BCUT2D eigenvalue weighted by atomic mass is 32.1. The maximum atomic E-state index is 12.7. The Labute approximate surface area is 150 Å². The van der Waals surface area contributed by atoms with E-state index >= 15 is 0 Å². The highest BCUT2D eigenvalue weighted by Gasteiger charge is 2.26. The Morgan fingerprint density at radius 3 is 2.76 bits per heavy atom. The molecule has 2 aromatic heterocycles. The summed E-state index contributed by atoms with van der Waals surface area (Å²) in [5.74, 6) is 1.20. The zero-order chi connectivity index (χ0) is 17.2. The lowest BCUT2D eigenvalue weighted by atomic mass is 10.1. The average Bonchev–Trinajstić information content (AvgIpc) is 3.31. The Bertz CT molecular complexity index is 851. The second kappa shape index (κ2) is 6.84. The van der Waals surface area contributed by atoms with Gasteiger partial charge in [0.05, 0.1) is 17.2 Å². The molecule has 1 aromatic carbocycles. The summed E-state index contributed by atoms with van der Waals surface area (Å²) < 4.78 is 7.66. The van der Waals surface area contributed by atoms with Crippen LogP contribution in [0.1, 0.15) is 6.92 Å². The molecule has 0 bridgehead atoms. The van der Waals surface area contributed by atoms with Gasteiger partial charge in [0.2, 0.25) is 5.91 Å². The molecular formula is C18H21N5OS. The van der Waals surface area contributed by atoms with E-state index in [-0.39, 0.29) is 11.8 Å². The van der Waals surface area contributed by atoms with Crippen molar-refractivity contribution in [3.05, 3.63) is 42.7 Å². The van der Waals surface area contributed by atoms with E-state index in [0.717, 1.165) is 32.0 Å². The van der Waals surface area contributed by atoms with E-state index in [0.29, 0.717) is 6.54 Å². The maximum Gasteiger partial charge on any atom is 0.227 e. The van der Waals surface area contributed by atoms with Gasteiger partial charge in [-0.05, 0) is 29.7 Å². The monoisotopic (exact) mass is 355 g/mol. The number of carbonyl (C=O) groups excluding carboxylic acids is 1. The first-order valence-corrected chi connectivity index (χ1v) is 9.35. The molecule has 0 radical (unpaired) electrons. The van der Waals surface area contributed by atoms with Crippen molar-refractivity contribution in [1.82, 2.24) is 19.1 Å². The summed E-state index contributed by atoms with van der Waals surface area (Å²) in [7, 11) is 0. The van der Waals surface area contributed by atoms with Crippen LogP contribution in [-0.2, 0) is 11.3 Å². The van der Waals surface area contributed by atoms with E-state index in [1.807, 2.05) is 34.8 Å². The largest absolute Gasteiger partial charge is 0.352 e. The van der Waals surface area contributed by atoms with Gasteiger partial charge in [-0.1, -0.05) is 19.1 Å². The summed E-state index contributed by atoms with van der Waals surface area (Å²) in [6.07, 6.45) is 3.64. The van der Waals surface area contributed by atoms with Crippen molar-refractivity contribution in [3.8, 4) is 0 Å². The predicted octanol–water partition coefficient (Wildman–Crippen LogP) is 2.48. The Balaban J connectivity index is 1.38.